The number of benzene rings is 1. The Morgan fingerprint density at radius 1 is 1.14 bits per heavy atom. The number of ketones is 1. The highest BCUT2D eigenvalue weighted by Crippen LogP contribution is 2.42. The summed E-state index contributed by atoms with van der Waals surface area (Å²) in [6.07, 6.45) is 2.71. The molecule has 4 rings (SSSR count). The zero-order valence-electron chi connectivity index (χ0n) is 14.2. The number of rotatable bonds is 4. The van der Waals surface area contributed by atoms with Crippen molar-refractivity contribution in [1.82, 2.24) is 4.98 Å². The maximum absolute atomic E-state index is 14.4. The van der Waals surface area contributed by atoms with E-state index >= 15 is 0 Å². The van der Waals surface area contributed by atoms with Crippen LogP contribution in [-0.4, -0.2) is 21.8 Å². The second-order valence-electron chi connectivity index (χ2n) is 6.00. The minimum absolute atomic E-state index is 0.100. The van der Waals surface area contributed by atoms with Gasteiger partial charge in [0.15, 0.2) is 11.5 Å². The number of furan rings is 1. The molecule has 28 heavy (non-hydrogen) atoms. The Morgan fingerprint density at radius 3 is 2.61 bits per heavy atom. The predicted octanol–water partition coefficient (Wildman–Crippen LogP) is 3.74. The van der Waals surface area contributed by atoms with E-state index in [1.165, 1.54) is 30.7 Å². The van der Waals surface area contributed by atoms with Crippen molar-refractivity contribution in [2.45, 2.75) is 6.04 Å². The van der Waals surface area contributed by atoms with Crippen LogP contribution in [0.1, 0.15) is 22.3 Å². The summed E-state index contributed by atoms with van der Waals surface area (Å²) >= 11 is 0. The molecule has 1 N–H and O–H groups in total. The molecule has 1 amide bonds. The molecule has 0 radical (unpaired) electrons. The maximum Gasteiger partial charge on any atom is 0.294 e. The topological polar surface area (TPSA) is 83.6 Å². The molecule has 0 saturated heterocycles. The number of amides is 1. The van der Waals surface area contributed by atoms with Crippen molar-refractivity contribution in [3.8, 4) is 0 Å². The van der Waals surface area contributed by atoms with E-state index in [-0.39, 0.29) is 22.7 Å². The van der Waals surface area contributed by atoms with Crippen molar-refractivity contribution in [2.75, 3.05) is 4.90 Å². The van der Waals surface area contributed by atoms with Gasteiger partial charge in [0.05, 0.1) is 23.2 Å². The molecular formula is C20H12F2N2O4. The SMILES string of the molecule is O=C(C1=C(O)C(=O)N(c2ccc(F)cc2F)C1c1ccccn1)c1ccco1. The Bertz CT molecular complexity index is 1090. The molecule has 1 aliphatic heterocycles. The zero-order valence-corrected chi connectivity index (χ0v) is 14.2. The monoisotopic (exact) mass is 382 g/mol. The third-order valence-corrected chi connectivity index (χ3v) is 4.33. The summed E-state index contributed by atoms with van der Waals surface area (Å²) in [7, 11) is 0. The standard InChI is InChI=1S/C20H12F2N2O4/c21-11-6-7-14(12(22)10-11)24-17(13-4-1-2-8-23-13)16(19(26)20(24)27)18(25)15-5-3-9-28-15/h1-10,17,26H. The second-order valence-corrected chi connectivity index (χ2v) is 6.00. The number of aromatic nitrogens is 1. The minimum atomic E-state index is -1.22. The van der Waals surface area contributed by atoms with Crippen LogP contribution in [0, 0.1) is 11.6 Å². The first-order valence-corrected chi connectivity index (χ1v) is 8.20. The zero-order chi connectivity index (χ0) is 19.8. The number of aliphatic hydroxyl groups excluding tert-OH is 1. The van der Waals surface area contributed by atoms with Gasteiger partial charge in [-0.1, -0.05) is 6.07 Å². The molecule has 0 bridgehead atoms. The molecule has 8 heteroatoms. The van der Waals surface area contributed by atoms with Crippen LogP contribution in [0.5, 0.6) is 0 Å². The number of nitrogens with zero attached hydrogens (tertiary/aromatic N) is 2. The van der Waals surface area contributed by atoms with E-state index in [1.54, 1.807) is 12.1 Å². The van der Waals surface area contributed by atoms with Gasteiger partial charge in [-0.2, -0.15) is 0 Å². The lowest BCUT2D eigenvalue weighted by Gasteiger charge is -2.26. The Kier molecular flexibility index (Phi) is 4.23. The van der Waals surface area contributed by atoms with Gasteiger partial charge < -0.3 is 9.52 Å². The third kappa shape index (κ3) is 2.75. The lowest BCUT2D eigenvalue weighted by atomic mass is 9.98. The molecule has 1 aliphatic rings. The molecule has 0 spiro atoms. The van der Waals surface area contributed by atoms with Crippen LogP contribution in [0.4, 0.5) is 14.5 Å². The van der Waals surface area contributed by atoms with E-state index in [1.807, 2.05) is 0 Å². The Balaban J connectivity index is 1.90. The van der Waals surface area contributed by atoms with E-state index < -0.39 is 35.1 Å². The Hall–Kier alpha value is -3.81. The summed E-state index contributed by atoms with van der Waals surface area (Å²) in [4.78, 5) is 30.7. The lowest BCUT2D eigenvalue weighted by molar-refractivity contribution is -0.117. The first kappa shape index (κ1) is 17.6. The number of hydrogen-bond donors (Lipinski definition) is 1. The quantitative estimate of drug-likeness (QED) is 0.695. The van der Waals surface area contributed by atoms with Crippen molar-refractivity contribution in [3.05, 3.63) is 95.4 Å². The molecule has 140 valence electrons. The molecule has 2 aromatic heterocycles. The van der Waals surface area contributed by atoms with Crippen molar-refractivity contribution >= 4 is 17.4 Å². The Morgan fingerprint density at radius 2 is 1.96 bits per heavy atom. The van der Waals surface area contributed by atoms with Gasteiger partial charge in [0.25, 0.3) is 5.91 Å². The average Bonchev–Trinajstić information content (AvgIpc) is 3.31. The van der Waals surface area contributed by atoms with Crippen molar-refractivity contribution < 1.29 is 27.9 Å². The van der Waals surface area contributed by atoms with E-state index in [2.05, 4.69) is 4.98 Å². The number of Topliss-reactive ketones (excluding diaryl/α,β-unsaturated/α-hetero) is 1. The Labute approximate surface area is 157 Å². The van der Waals surface area contributed by atoms with E-state index in [0.29, 0.717) is 6.07 Å². The van der Waals surface area contributed by atoms with Crippen LogP contribution in [-0.2, 0) is 4.79 Å². The van der Waals surface area contributed by atoms with Crippen LogP contribution < -0.4 is 4.90 Å². The number of carbonyl (C=O) groups excluding carboxylic acids is 2. The highest BCUT2D eigenvalue weighted by molar-refractivity contribution is 6.20. The van der Waals surface area contributed by atoms with Crippen LogP contribution in [0.15, 0.2) is 76.7 Å². The molecule has 1 aromatic carbocycles. The summed E-state index contributed by atoms with van der Waals surface area (Å²) in [5, 5.41) is 10.4. The largest absolute Gasteiger partial charge is 0.503 e. The maximum atomic E-state index is 14.4. The fourth-order valence-electron chi connectivity index (χ4n) is 3.12. The predicted molar refractivity (Wildman–Crippen MR) is 93.5 cm³/mol. The van der Waals surface area contributed by atoms with Gasteiger partial charge in [-0.25, -0.2) is 8.78 Å². The van der Waals surface area contributed by atoms with E-state index in [4.69, 9.17) is 4.42 Å². The molecule has 0 fully saturated rings. The molecule has 1 atom stereocenters. The third-order valence-electron chi connectivity index (χ3n) is 4.33. The van der Waals surface area contributed by atoms with Crippen molar-refractivity contribution in [2.24, 2.45) is 0 Å². The second kappa shape index (κ2) is 6.73. The molecule has 6 nitrogen and oxygen atoms in total. The van der Waals surface area contributed by atoms with Crippen LogP contribution >= 0.6 is 0 Å². The highest BCUT2D eigenvalue weighted by Gasteiger charge is 2.46. The summed E-state index contributed by atoms with van der Waals surface area (Å²) in [6, 6.07) is 9.07. The number of halogens is 2. The number of carbonyl (C=O) groups is 2. The van der Waals surface area contributed by atoms with Gasteiger partial charge in [-0.05, 0) is 36.4 Å². The molecule has 3 heterocycles. The summed E-state index contributed by atoms with van der Waals surface area (Å²) < 4.78 is 32.9. The summed E-state index contributed by atoms with van der Waals surface area (Å²) in [5.74, 6) is -4.54. The highest BCUT2D eigenvalue weighted by atomic mass is 19.1. The first-order valence-electron chi connectivity index (χ1n) is 8.20. The van der Waals surface area contributed by atoms with Crippen LogP contribution in [0.2, 0.25) is 0 Å². The molecule has 0 saturated carbocycles. The number of aliphatic hydroxyl groups is 1. The fraction of sp³-hybridized carbons (Fsp3) is 0.0500. The van der Waals surface area contributed by atoms with Crippen molar-refractivity contribution in [1.29, 1.82) is 0 Å². The molecule has 0 aliphatic carbocycles. The number of pyridine rings is 1. The van der Waals surface area contributed by atoms with Crippen LogP contribution in [0.25, 0.3) is 0 Å². The van der Waals surface area contributed by atoms with Crippen LogP contribution in [0.3, 0.4) is 0 Å². The fourth-order valence-corrected chi connectivity index (χ4v) is 3.12. The summed E-state index contributed by atoms with van der Waals surface area (Å²) in [6.45, 7) is 0. The minimum Gasteiger partial charge on any atom is -0.503 e. The average molecular weight is 382 g/mol. The lowest BCUT2D eigenvalue weighted by Crippen LogP contribution is -2.32. The van der Waals surface area contributed by atoms with Gasteiger partial charge in [-0.3, -0.25) is 19.5 Å². The molecule has 3 aromatic rings. The number of anilines is 1. The van der Waals surface area contributed by atoms with Crippen molar-refractivity contribution in [3.63, 3.8) is 0 Å². The van der Waals surface area contributed by atoms with Gasteiger partial charge >= 0.3 is 0 Å². The first-order chi connectivity index (χ1) is 13.5. The molecular weight excluding hydrogens is 370 g/mol. The molecule has 1 unspecified atom stereocenters. The van der Waals surface area contributed by atoms with E-state index in [9.17, 15) is 23.5 Å². The van der Waals surface area contributed by atoms with Gasteiger partial charge in [0.2, 0.25) is 5.78 Å². The normalized spacial score (nSPS) is 16.7. The van der Waals surface area contributed by atoms with E-state index in [0.717, 1.165) is 17.0 Å². The van der Waals surface area contributed by atoms with Gasteiger partial charge in [0, 0.05) is 12.3 Å². The number of hydrogen-bond acceptors (Lipinski definition) is 5. The van der Waals surface area contributed by atoms with Gasteiger partial charge in [-0.15, -0.1) is 0 Å². The summed E-state index contributed by atoms with van der Waals surface area (Å²) in [5.41, 5.74) is -0.378. The van der Waals surface area contributed by atoms with Gasteiger partial charge in [0.1, 0.15) is 17.7 Å². The smallest absolute Gasteiger partial charge is 0.294 e.